The van der Waals surface area contributed by atoms with Gasteiger partial charge < -0.3 is 14.2 Å². The van der Waals surface area contributed by atoms with Crippen molar-refractivity contribution >= 4 is 27.5 Å². The third-order valence-corrected chi connectivity index (χ3v) is 4.97. The highest BCUT2D eigenvalue weighted by Gasteiger charge is 2.16. The van der Waals surface area contributed by atoms with E-state index in [1.807, 2.05) is 36.4 Å². The van der Waals surface area contributed by atoms with Crippen LogP contribution in [0.1, 0.15) is 0 Å². The van der Waals surface area contributed by atoms with Gasteiger partial charge in [-0.2, -0.15) is 4.37 Å². The van der Waals surface area contributed by atoms with Crippen LogP contribution >= 0.6 is 27.5 Å². The lowest BCUT2D eigenvalue weighted by Gasteiger charge is -2.12. The standard InChI is InChI=1S/C18H16BrNO3S/c1-21-15-10-17(23-3)16(22-2)8-13(15)18-9-14(20-24-18)11-4-6-12(19)7-5-11/h4-10H,1-3H3. The van der Waals surface area contributed by atoms with Crippen molar-refractivity contribution in [2.75, 3.05) is 21.3 Å². The number of ether oxygens (including phenoxy) is 3. The first-order chi connectivity index (χ1) is 11.7. The highest BCUT2D eigenvalue weighted by atomic mass is 79.9. The van der Waals surface area contributed by atoms with Gasteiger partial charge in [-0.15, -0.1) is 0 Å². The summed E-state index contributed by atoms with van der Waals surface area (Å²) in [6.45, 7) is 0. The number of hydrogen-bond acceptors (Lipinski definition) is 5. The van der Waals surface area contributed by atoms with Gasteiger partial charge in [0, 0.05) is 21.7 Å². The van der Waals surface area contributed by atoms with Gasteiger partial charge in [-0.1, -0.05) is 28.1 Å². The lowest BCUT2D eigenvalue weighted by Crippen LogP contribution is -1.94. The maximum atomic E-state index is 5.51. The Balaban J connectivity index is 2.04. The minimum atomic E-state index is 0.635. The second kappa shape index (κ2) is 7.23. The van der Waals surface area contributed by atoms with Crippen LogP contribution in [0.2, 0.25) is 0 Å². The molecule has 6 heteroatoms. The topological polar surface area (TPSA) is 40.6 Å². The van der Waals surface area contributed by atoms with E-state index < -0.39 is 0 Å². The van der Waals surface area contributed by atoms with E-state index in [0.29, 0.717) is 11.5 Å². The summed E-state index contributed by atoms with van der Waals surface area (Å²) in [5, 5.41) is 0. The second-order valence-electron chi connectivity index (χ2n) is 4.99. The molecule has 0 amide bonds. The van der Waals surface area contributed by atoms with Crippen molar-refractivity contribution in [2.45, 2.75) is 0 Å². The Bertz CT molecular complexity index is 846. The van der Waals surface area contributed by atoms with Crippen LogP contribution in [0.5, 0.6) is 17.2 Å². The van der Waals surface area contributed by atoms with Crippen molar-refractivity contribution in [2.24, 2.45) is 0 Å². The number of methoxy groups -OCH3 is 3. The Kier molecular flexibility index (Phi) is 5.06. The normalized spacial score (nSPS) is 10.5. The molecule has 0 spiro atoms. The molecule has 124 valence electrons. The van der Waals surface area contributed by atoms with Gasteiger partial charge in [0.15, 0.2) is 11.5 Å². The van der Waals surface area contributed by atoms with E-state index in [9.17, 15) is 0 Å². The van der Waals surface area contributed by atoms with Crippen molar-refractivity contribution in [3.8, 4) is 38.9 Å². The summed E-state index contributed by atoms with van der Waals surface area (Å²) in [6.07, 6.45) is 0. The average Bonchev–Trinajstić information content (AvgIpc) is 3.11. The van der Waals surface area contributed by atoms with Crippen molar-refractivity contribution in [1.29, 1.82) is 0 Å². The summed E-state index contributed by atoms with van der Waals surface area (Å²) >= 11 is 4.87. The maximum absolute atomic E-state index is 5.51. The van der Waals surface area contributed by atoms with E-state index in [-0.39, 0.29) is 0 Å². The van der Waals surface area contributed by atoms with Gasteiger partial charge in [0.1, 0.15) is 5.75 Å². The lowest BCUT2D eigenvalue weighted by molar-refractivity contribution is 0.349. The minimum Gasteiger partial charge on any atom is -0.496 e. The second-order valence-corrected chi connectivity index (χ2v) is 6.71. The van der Waals surface area contributed by atoms with Gasteiger partial charge in [0.25, 0.3) is 0 Å². The largest absolute Gasteiger partial charge is 0.496 e. The average molecular weight is 406 g/mol. The van der Waals surface area contributed by atoms with Crippen LogP contribution in [0.15, 0.2) is 46.9 Å². The highest BCUT2D eigenvalue weighted by molar-refractivity contribution is 9.10. The summed E-state index contributed by atoms with van der Waals surface area (Å²) in [4.78, 5) is 1.01. The molecule has 3 aromatic rings. The predicted octanol–water partition coefficient (Wildman–Crippen LogP) is 5.27. The molecule has 0 aliphatic heterocycles. The fraction of sp³-hybridized carbons (Fsp3) is 0.167. The molecule has 0 atom stereocenters. The Hall–Kier alpha value is -2.05. The molecule has 0 saturated heterocycles. The molecule has 0 fully saturated rings. The molecular formula is C18H16BrNO3S. The fourth-order valence-electron chi connectivity index (χ4n) is 2.38. The first kappa shape index (κ1) is 16.8. The molecule has 0 bridgehead atoms. The van der Waals surface area contributed by atoms with Gasteiger partial charge >= 0.3 is 0 Å². The molecular weight excluding hydrogens is 390 g/mol. The van der Waals surface area contributed by atoms with Gasteiger partial charge in [-0.25, -0.2) is 0 Å². The van der Waals surface area contributed by atoms with Crippen molar-refractivity contribution in [3.05, 3.63) is 46.9 Å². The molecule has 3 rings (SSSR count). The third-order valence-electron chi connectivity index (χ3n) is 3.62. The SMILES string of the molecule is COc1cc(OC)c(-c2cc(-c3ccc(Br)cc3)ns2)cc1OC. The van der Waals surface area contributed by atoms with E-state index in [2.05, 4.69) is 26.4 Å². The highest BCUT2D eigenvalue weighted by Crippen LogP contribution is 2.42. The molecule has 0 unspecified atom stereocenters. The first-order valence-corrected chi connectivity index (χ1v) is 8.76. The molecule has 0 aliphatic rings. The zero-order valence-corrected chi connectivity index (χ0v) is 15.9. The van der Waals surface area contributed by atoms with E-state index in [1.54, 1.807) is 21.3 Å². The molecule has 4 nitrogen and oxygen atoms in total. The van der Waals surface area contributed by atoms with Gasteiger partial charge in [0.05, 0.1) is 31.9 Å². The van der Waals surface area contributed by atoms with Gasteiger partial charge in [-0.05, 0) is 35.8 Å². The summed E-state index contributed by atoms with van der Waals surface area (Å²) in [6, 6.07) is 13.9. The van der Waals surface area contributed by atoms with Gasteiger partial charge in [-0.3, -0.25) is 0 Å². The van der Waals surface area contributed by atoms with Crippen LogP contribution in [0, 0.1) is 0 Å². The molecule has 24 heavy (non-hydrogen) atoms. The van der Waals surface area contributed by atoms with Crippen LogP contribution in [0.3, 0.4) is 0 Å². The van der Waals surface area contributed by atoms with Gasteiger partial charge in [0.2, 0.25) is 0 Å². The van der Waals surface area contributed by atoms with E-state index in [4.69, 9.17) is 14.2 Å². The van der Waals surface area contributed by atoms with E-state index in [1.165, 1.54) is 11.5 Å². The number of hydrogen-bond donors (Lipinski definition) is 0. The Morgan fingerprint density at radius 3 is 2.08 bits per heavy atom. The summed E-state index contributed by atoms with van der Waals surface area (Å²) in [5.74, 6) is 2.02. The first-order valence-electron chi connectivity index (χ1n) is 7.19. The molecule has 2 aromatic carbocycles. The Morgan fingerprint density at radius 1 is 0.833 bits per heavy atom. The fourth-order valence-corrected chi connectivity index (χ4v) is 3.42. The summed E-state index contributed by atoms with van der Waals surface area (Å²) in [5.41, 5.74) is 2.93. The molecule has 1 heterocycles. The molecule has 1 aromatic heterocycles. The maximum Gasteiger partial charge on any atom is 0.164 e. The zero-order valence-electron chi connectivity index (χ0n) is 13.5. The lowest BCUT2D eigenvalue weighted by atomic mass is 10.1. The van der Waals surface area contributed by atoms with Crippen molar-refractivity contribution < 1.29 is 14.2 Å². The number of aromatic nitrogens is 1. The summed E-state index contributed by atoms with van der Waals surface area (Å²) in [7, 11) is 4.87. The number of nitrogens with zero attached hydrogens (tertiary/aromatic N) is 1. The quantitative estimate of drug-likeness (QED) is 0.579. The Morgan fingerprint density at radius 2 is 1.46 bits per heavy atom. The van der Waals surface area contributed by atoms with E-state index in [0.717, 1.165) is 31.9 Å². The van der Waals surface area contributed by atoms with Crippen LogP contribution in [0.4, 0.5) is 0 Å². The van der Waals surface area contributed by atoms with E-state index >= 15 is 0 Å². The predicted molar refractivity (Wildman–Crippen MR) is 100 cm³/mol. The van der Waals surface area contributed by atoms with Crippen LogP contribution in [-0.4, -0.2) is 25.7 Å². The Labute approximate surface area is 153 Å². The summed E-state index contributed by atoms with van der Waals surface area (Å²) < 4.78 is 21.9. The van der Waals surface area contributed by atoms with Crippen molar-refractivity contribution in [1.82, 2.24) is 4.37 Å². The molecule has 0 radical (unpaired) electrons. The molecule has 0 N–H and O–H groups in total. The molecule has 0 saturated carbocycles. The van der Waals surface area contributed by atoms with Crippen LogP contribution in [-0.2, 0) is 0 Å². The monoisotopic (exact) mass is 405 g/mol. The minimum absolute atomic E-state index is 0.635. The smallest absolute Gasteiger partial charge is 0.164 e. The van der Waals surface area contributed by atoms with Crippen molar-refractivity contribution in [3.63, 3.8) is 0 Å². The van der Waals surface area contributed by atoms with Crippen LogP contribution in [0.25, 0.3) is 21.7 Å². The number of halogens is 1. The van der Waals surface area contributed by atoms with Crippen LogP contribution < -0.4 is 14.2 Å². The molecule has 0 aliphatic carbocycles. The third kappa shape index (κ3) is 3.25. The number of rotatable bonds is 5. The zero-order chi connectivity index (χ0) is 17.1. The number of benzene rings is 2.